The van der Waals surface area contributed by atoms with Crippen LogP contribution < -0.4 is 0 Å². The number of Topliss-reactive ketones (excluding diaryl/α,β-unsaturated/α-hetero) is 1. The Hall–Kier alpha value is -2.82. The molecule has 0 saturated heterocycles. The predicted molar refractivity (Wildman–Crippen MR) is 96.9 cm³/mol. The summed E-state index contributed by atoms with van der Waals surface area (Å²) in [5.41, 5.74) is 4.01. The maximum absolute atomic E-state index is 13.4. The highest BCUT2D eigenvalue weighted by Gasteiger charge is 2.55. The second-order valence-corrected chi connectivity index (χ2v) is 7.10. The van der Waals surface area contributed by atoms with Crippen LogP contribution in [-0.4, -0.2) is 30.9 Å². The van der Waals surface area contributed by atoms with Crippen molar-refractivity contribution in [2.24, 2.45) is 10.2 Å². The molecule has 1 spiro atoms. The van der Waals surface area contributed by atoms with Gasteiger partial charge in [-0.2, -0.15) is 10.2 Å². The molecule has 2 aromatic carbocycles. The van der Waals surface area contributed by atoms with Gasteiger partial charge in [-0.15, -0.1) is 0 Å². The first-order valence-electron chi connectivity index (χ1n) is 8.69. The van der Waals surface area contributed by atoms with Gasteiger partial charge in [0.2, 0.25) is 0 Å². The Morgan fingerprint density at radius 3 is 2.77 bits per heavy atom. The molecule has 5 nitrogen and oxygen atoms in total. The van der Waals surface area contributed by atoms with Crippen molar-refractivity contribution in [3.05, 3.63) is 69.8 Å². The summed E-state index contributed by atoms with van der Waals surface area (Å²) in [6.07, 6.45) is 0.519. The van der Waals surface area contributed by atoms with E-state index in [1.54, 1.807) is 0 Å². The number of ether oxygens (including phenoxy) is 1. The van der Waals surface area contributed by atoms with Crippen molar-refractivity contribution in [1.29, 1.82) is 0 Å². The number of carbonyl (C=O) groups is 2. The first-order chi connectivity index (χ1) is 12.5. The summed E-state index contributed by atoms with van der Waals surface area (Å²) in [4.78, 5) is 25.7. The van der Waals surface area contributed by atoms with Crippen LogP contribution in [0.5, 0.6) is 0 Å². The number of hydrogen-bond acceptors (Lipinski definition) is 5. The van der Waals surface area contributed by atoms with Gasteiger partial charge in [0.25, 0.3) is 0 Å². The number of ketones is 1. The molecular formula is C21H20N2O3. The lowest BCUT2D eigenvalue weighted by Crippen LogP contribution is -2.39. The maximum Gasteiger partial charge on any atom is 0.338 e. The normalized spacial score (nSPS) is 23.5. The van der Waals surface area contributed by atoms with Gasteiger partial charge in [0, 0.05) is 17.9 Å². The molecule has 132 valence electrons. The second kappa shape index (κ2) is 5.87. The van der Waals surface area contributed by atoms with E-state index in [9.17, 15) is 9.59 Å². The molecule has 0 N–H and O–H groups in total. The Morgan fingerprint density at radius 1 is 1.23 bits per heavy atom. The third-order valence-corrected chi connectivity index (χ3v) is 5.52. The number of carbonyl (C=O) groups excluding carboxylic acids is 2. The maximum atomic E-state index is 13.4. The van der Waals surface area contributed by atoms with Gasteiger partial charge in [0.05, 0.1) is 19.2 Å². The predicted octanol–water partition coefficient (Wildman–Crippen LogP) is 3.82. The minimum absolute atomic E-state index is 0.00763. The summed E-state index contributed by atoms with van der Waals surface area (Å²) in [6, 6.07) is 11.6. The van der Waals surface area contributed by atoms with Gasteiger partial charge in [-0.3, -0.25) is 4.79 Å². The molecule has 1 heterocycles. The van der Waals surface area contributed by atoms with Crippen LogP contribution in [0.25, 0.3) is 0 Å². The minimum atomic E-state index is -0.952. The molecule has 0 amide bonds. The highest BCUT2D eigenvalue weighted by molar-refractivity contribution is 6.10. The van der Waals surface area contributed by atoms with Gasteiger partial charge < -0.3 is 4.74 Å². The lowest BCUT2D eigenvalue weighted by Gasteiger charge is -2.27. The number of nitrogens with zero attached hydrogens (tertiary/aromatic N) is 2. The van der Waals surface area contributed by atoms with E-state index in [1.807, 2.05) is 50.2 Å². The molecule has 0 bridgehead atoms. The molecule has 2 atom stereocenters. The van der Waals surface area contributed by atoms with Crippen molar-refractivity contribution >= 4 is 11.8 Å². The van der Waals surface area contributed by atoms with E-state index in [0.717, 1.165) is 27.8 Å². The van der Waals surface area contributed by atoms with E-state index in [2.05, 4.69) is 10.2 Å². The Morgan fingerprint density at radius 2 is 2.04 bits per heavy atom. The first-order valence-corrected chi connectivity index (χ1v) is 8.69. The van der Waals surface area contributed by atoms with Gasteiger partial charge >= 0.3 is 5.97 Å². The van der Waals surface area contributed by atoms with E-state index in [4.69, 9.17) is 4.74 Å². The third-order valence-electron chi connectivity index (χ3n) is 5.52. The number of hydrogen-bond donors (Lipinski definition) is 0. The fourth-order valence-electron chi connectivity index (χ4n) is 4.24. The number of fused-ring (bicyclic) bond motifs is 1. The van der Waals surface area contributed by atoms with Crippen LogP contribution in [0.2, 0.25) is 0 Å². The molecule has 2 aromatic rings. The Labute approximate surface area is 152 Å². The van der Waals surface area contributed by atoms with Crippen LogP contribution >= 0.6 is 0 Å². The monoisotopic (exact) mass is 348 g/mol. The lowest BCUT2D eigenvalue weighted by molar-refractivity contribution is 0.0597. The average Bonchev–Trinajstić information content (AvgIpc) is 3.17. The molecule has 26 heavy (non-hydrogen) atoms. The van der Waals surface area contributed by atoms with Crippen molar-refractivity contribution in [1.82, 2.24) is 0 Å². The summed E-state index contributed by atoms with van der Waals surface area (Å²) >= 11 is 0. The molecule has 0 saturated carbocycles. The molecule has 0 aromatic heterocycles. The van der Waals surface area contributed by atoms with Crippen LogP contribution in [-0.2, 0) is 11.2 Å². The van der Waals surface area contributed by atoms with Crippen LogP contribution in [0.1, 0.15) is 48.9 Å². The molecule has 4 rings (SSSR count). The molecule has 1 aliphatic carbocycles. The van der Waals surface area contributed by atoms with Gasteiger partial charge in [-0.1, -0.05) is 35.9 Å². The zero-order valence-electron chi connectivity index (χ0n) is 15.1. The van der Waals surface area contributed by atoms with Crippen LogP contribution in [0.15, 0.2) is 46.6 Å². The fourth-order valence-corrected chi connectivity index (χ4v) is 4.24. The number of rotatable bonds is 2. The Kier molecular flexibility index (Phi) is 3.75. The van der Waals surface area contributed by atoms with Gasteiger partial charge in [0.15, 0.2) is 11.3 Å². The first kappa shape index (κ1) is 16.6. The zero-order valence-corrected chi connectivity index (χ0v) is 15.1. The largest absolute Gasteiger partial charge is 0.465 e. The molecule has 0 unspecified atom stereocenters. The average molecular weight is 348 g/mol. The second-order valence-electron chi connectivity index (χ2n) is 7.10. The standard InChI is InChI=1S/C21H20N2O3/c1-12-7-8-15(16(9-12)20(25)26-3)17-11-22-23-21(17)10-14-6-4-5-13(2)18(14)19(21)24/h4-9,17H,10-11H2,1-3H3/t17-,21-/m0/s1. The lowest BCUT2D eigenvalue weighted by atomic mass is 9.76. The topological polar surface area (TPSA) is 68.1 Å². The van der Waals surface area contributed by atoms with Crippen molar-refractivity contribution in [2.45, 2.75) is 31.7 Å². The molecule has 0 fully saturated rings. The Balaban J connectivity index is 1.85. The van der Waals surface area contributed by atoms with Gasteiger partial charge in [-0.05, 0) is 36.6 Å². The number of methoxy groups -OCH3 is 1. The van der Waals surface area contributed by atoms with E-state index in [-0.39, 0.29) is 11.7 Å². The van der Waals surface area contributed by atoms with E-state index >= 15 is 0 Å². The zero-order chi connectivity index (χ0) is 18.5. The molecular weight excluding hydrogens is 328 g/mol. The molecule has 0 radical (unpaired) electrons. The molecule has 5 heteroatoms. The van der Waals surface area contributed by atoms with Crippen molar-refractivity contribution < 1.29 is 14.3 Å². The Bertz CT molecular complexity index is 964. The smallest absolute Gasteiger partial charge is 0.338 e. The third kappa shape index (κ3) is 2.23. The van der Waals surface area contributed by atoms with E-state index < -0.39 is 11.5 Å². The highest BCUT2D eigenvalue weighted by Crippen LogP contribution is 2.48. The summed E-state index contributed by atoms with van der Waals surface area (Å²) < 4.78 is 4.97. The molecule has 1 aliphatic heterocycles. The summed E-state index contributed by atoms with van der Waals surface area (Å²) in [7, 11) is 1.37. The van der Waals surface area contributed by atoms with E-state index in [1.165, 1.54) is 7.11 Å². The number of benzene rings is 2. The highest BCUT2D eigenvalue weighted by atomic mass is 16.5. The minimum Gasteiger partial charge on any atom is -0.465 e. The van der Waals surface area contributed by atoms with Crippen molar-refractivity contribution in [3.8, 4) is 0 Å². The van der Waals surface area contributed by atoms with Crippen LogP contribution in [0.4, 0.5) is 0 Å². The fraction of sp³-hybridized carbons (Fsp3) is 0.333. The van der Waals surface area contributed by atoms with Crippen LogP contribution in [0, 0.1) is 13.8 Å². The van der Waals surface area contributed by atoms with Gasteiger partial charge in [-0.25, -0.2) is 4.79 Å². The summed E-state index contributed by atoms with van der Waals surface area (Å²) in [6.45, 7) is 4.27. The quantitative estimate of drug-likeness (QED) is 0.775. The number of azo groups is 1. The number of esters is 1. The van der Waals surface area contributed by atoms with Crippen LogP contribution in [0.3, 0.4) is 0 Å². The van der Waals surface area contributed by atoms with Crippen molar-refractivity contribution in [2.75, 3.05) is 13.7 Å². The van der Waals surface area contributed by atoms with Crippen molar-refractivity contribution in [3.63, 3.8) is 0 Å². The van der Waals surface area contributed by atoms with Gasteiger partial charge in [0.1, 0.15) is 0 Å². The molecule has 2 aliphatic rings. The summed E-state index contributed by atoms with van der Waals surface area (Å²) in [5, 5.41) is 8.67. The van der Waals surface area contributed by atoms with E-state index in [0.29, 0.717) is 18.5 Å². The number of aryl methyl sites for hydroxylation is 2. The SMILES string of the molecule is COC(=O)c1cc(C)ccc1[C@@H]1CN=N[C@@]12Cc1cccc(C)c1C2=O. The summed E-state index contributed by atoms with van der Waals surface area (Å²) in [5.74, 6) is -0.658.